The van der Waals surface area contributed by atoms with Gasteiger partial charge in [-0.1, -0.05) is 45.2 Å². The molecule has 1 saturated carbocycles. The summed E-state index contributed by atoms with van der Waals surface area (Å²) in [6.07, 6.45) is 6.59. The minimum atomic E-state index is -0.299. The third kappa shape index (κ3) is 4.35. The van der Waals surface area contributed by atoms with Gasteiger partial charge in [-0.25, -0.2) is 4.98 Å². The Balaban J connectivity index is 1.78. The zero-order valence-electron chi connectivity index (χ0n) is 18.0. The number of imidazole rings is 1. The van der Waals surface area contributed by atoms with Crippen molar-refractivity contribution in [1.82, 2.24) is 14.9 Å². The molecule has 1 fully saturated rings. The number of carbonyl (C=O) groups excluding carboxylic acids is 1. The lowest BCUT2D eigenvalue weighted by Gasteiger charge is -2.28. The van der Waals surface area contributed by atoms with E-state index in [4.69, 9.17) is 10.7 Å². The number of nitrogens with zero attached hydrogens (tertiary/aromatic N) is 2. The van der Waals surface area contributed by atoms with Gasteiger partial charge in [0, 0.05) is 17.3 Å². The fraction of sp³-hybridized carbons (Fsp3) is 0.440. The lowest BCUT2D eigenvalue weighted by molar-refractivity contribution is -0.125. The summed E-state index contributed by atoms with van der Waals surface area (Å²) in [5.41, 5.74) is 9.49. The van der Waals surface area contributed by atoms with Crippen molar-refractivity contribution in [1.29, 1.82) is 0 Å². The smallest absolute Gasteiger partial charge is 0.243 e. The summed E-state index contributed by atoms with van der Waals surface area (Å²) in [6.45, 7) is 4.34. The number of benzene rings is 2. The minimum Gasteiger partial charge on any atom is -0.399 e. The number of amides is 1. The molecule has 0 aliphatic heterocycles. The van der Waals surface area contributed by atoms with Gasteiger partial charge in [0.1, 0.15) is 11.9 Å². The van der Waals surface area contributed by atoms with Gasteiger partial charge in [0.25, 0.3) is 0 Å². The zero-order chi connectivity index (χ0) is 21.1. The summed E-state index contributed by atoms with van der Waals surface area (Å²) in [4.78, 5) is 18.5. The van der Waals surface area contributed by atoms with E-state index in [2.05, 4.69) is 29.8 Å². The average molecular weight is 405 g/mol. The van der Waals surface area contributed by atoms with Gasteiger partial charge >= 0.3 is 0 Å². The number of hydrogen-bond donors (Lipinski definition) is 2. The highest BCUT2D eigenvalue weighted by Gasteiger charge is 2.29. The molecule has 3 N–H and O–H groups in total. The van der Waals surface area contributed by atoms with Gasteiger partial charge in [0.05, 0.1) is 11.0 Å². The molecule has 1 aliphatic rings. The normalized spacial score (nSPS) is 16.1. The Morgan fingerprint density at radius 3 is 2.50 bits per heavy atom. The molecule has 5 heteroatoms. The average Bonchev–Trinajstić information content (AvgIpc) is 3.12. The molecule has 1 heterocycles. The van der Waals surface area contributed by atoms with E-state index in [1.165, 1.54) is 19.3 Å². The summed E-state index contributed by atoms with van der Waals surface area (Å²) in [6, 6.07) is 15.8. The largest absolute Gasteiger partial charge is 0.399 e. The number of anilines is 1. The second-order valence-corrected chi connectivity index (χ2v) is 8.91. The van der Waals surface area contributed by atoms with Crippen molar-refractivity contribution in [3.8, 4) is 11.4 Å². The number of aromatic nitrogens is 2. The molecule has 2 aromatic carbocycles. The molecule has 0 spiro atoms. The van der Waals surface area contributed by atoms with Gasteiger partial charge in [-0.3, -0.25) is 4.79 Å². The molecule has 4 rings (SSSR count). The third-order valence-corrected chi connectivity index (χ3v) is 6.03. The first kappa shape index (κ1) is 20.5. The van der Waals surface area contributed by atoms with Crippen LogP contribution in [0.4, 0.5) is 5.69 Å². The van der Waals surface area contributed by atoms with Crippen molar-refractivity contribution in [2.24, 2.45) is 5.92 Å². The molecular formula is C25H32N4O. The van der Waals surface area contributed by atoms with Crippen molar-refractivity contribution >= 4 is 22.6 Å². The highest BCUT2D eigenvalue weighted by Crippen LogP contribution is 2.32. The SMILES string of the molecule is CC(C)CC(C(=O)NC1CCCCC1)n1c(-c2ccc(N)cc2)nc2ccccc21. The van der Waals surface area contributed by atoms with Crippen LogP contribution in [0.1, 0.15) is 58.4 Å². The number of rotatable bonds is 6. The van der Waals surface area contributed by atoms with Crippen LogP contribution in [0.25, 0.3) is 22.4 Å². The number of hydrogen-bond acceptors (Lipinski definition) is 3. The molecule has 0 saturated heterocycles. The van der Waals surface area contributed by atoms with Gasteiger partial charge < -0.3 is 15.6 Å². The van der Waals surface area contributed by atoms with E-state index in [-0.39, 0.29) is 18.0 Å². The number of nitrogens with two attached hydrogens (primary N) is 1. The topological polar surface area (TPSA) is 72.9 Å². The fourth-order valence-electron chi connectivity index (χ4n) is 4.52. The standard InChI is InChI=1S/C25H32N4O/c1-17(2)16-23(25(30)27-20-8-4-3-5-9-20)29-22-11-7-6-10-21(22)28-24(29)18-12-14-19(26)15-13-18/h6-7,10-15,17,20,23H,3-5,8-9,16,26H2,1-2H3,(H,27,30). The molecule has 1 atom stereocenters. The van der Waals surface area contributed by atoms with Crippen LogP contribution in [0, 0.1) is 5.92 Å². The molecule has 3 aromatic rings. The fourth-order valence-corrected chi connectivity index (χ4v) is 4.52. The molecule has 1 amide bonds. The molecule has 0 radical (unpaired) electrons. The molecule has 1 unspecified atom stereocenters. The Morgan fingerprint density at radius 1 is 1.10 bits per heavy atom. The molecule has 0 bridgehead atoms. The number of nitrogens with one attached hydrogen (secondary N) is 1. The lowest BCUT2D eigenvalue weighted by atomic mass is 9.94. The van der Waals surface area contributed by atoms with Crippen LogP contribution in [0.5, 0.6) is 0 Å². The van der Waals surface area contributed by atoms with Crippen molar-refractivity contribution < 1.29 is 4.79 Å². The highest BCUT2D eigenvalue weighted by atomic mass is 16.2. The Morgan fingerprint density at radius 2 is 1.80 bits per heavy atom. The summed E-state index contributed by atoms with van der Waals surface area (Å²) in [5, 5.41) is 3.36. The first-order chi connectivity index (χ1) is 14.5. The number of fused-ring (bicyclic) bond motifs is 1. The summed E-state index contributed by atoms with van der Waals surface area (Å²) >= 11 is 0. The van der Waals surface area contributed by atoms with E-state index in [0.29, 0.717) is 5.92 Å². The van der Waals surface area contributed by atoms with Crippen molar-refractivity contribution in [2.45, 2.75) is 64.5 Å². The maximum atomic E-state index is 13.5. The van der Waals surface area contributed by atoms with Gasteiger partial charge in [0.15, 0.2) is 0 Å². The lowest BCUT2D eigenvalue weighted by Crippen LogP contribution is -2.41. The highest BCUT2D eigenvalue weighted by molar-refractivity contribution is 5.87. The predicted octanol–water partition coefficient (Wildman–Crippen LogP) is 5.32. The molecular weight excluding hydrogens is 372 g/mol. The van der Waals surface area contributed by atoms with Crippen LogP contribution in [0.15, 0.2) is 48.5 Å². The van der Waals surface area contributed by atoms with E-state index in [1.54, 1.807) is 0 Å². The second-order valence-electron chi connectivity index (χ2n) is 8.91. The van der Waals surface area contributed by atoms with Crippen LogP contribution >= 0.6 is 0 Å². The van der Waals surface area contributed by atoms with Crippen molar-refractivity contribution in [2.75, 3.05) is 5.73 Å². The van der Waals surface area contributed by atoms with Crippen LogP contribution in [0.3, 0.4) is 0 Å². The molecule has 1 aliphatic carbocycles. The summed E-state index contributed by atoms with van der Waals surface area (Å²) in [7, 11) is 0. The maximum absolute atomic E-state index is 13.5. The van der Waals surface area contributed by atoms with Crippen molar-refractivity contribution in [3.05, 3.63) is 48.5 Å². The van der Waals surface area contributed by atoms with E-state index in [1.807, 2.05) is 42.5 Å². The van der Waals surface area contributed by atoms with Crippen LogP contribution in [-0.4, -0.2) is 21.5 Å². The molecule has 30 heavy (non-hydrogen) atoms. The molecule has 1 aromatic heterocycles. The number of nitrogen functional groups attached to an aromatic ring is 1. The van der Waals surface area contributed by atoms with Crippen LogP contribution in [-0.2, 0) is 4.79 Å². The van der Waals surface area contributed by atoms with Gasteiger partial charge in [-0.2, -0.15) is 0 Å². The number of carbonyl (C=O) groups is 1. The van der Waals surface area contributed by atoms with Crippen LogP contribution in [0.2, 0.25) is 0 Å². The monoisotopic (exact) mass is 404 g/mol. The first-order valence-corrected chi connectivity index (χ1v) is 11.2. The Labute approximate surface area is 178 Å². The Hall–Kier alpha value is -2.82. The van der Waals surface area contributed by atoms with Gasteiger partial charge in [0.2, 0.25) is 5.91 Å². The summed E-state index contributed by atoms with van der Waals surface area (Å²) in [5.74, 6) is 1.31. The maximum Gasteiger partial charge on any atom is 0.243 e. The zero-order valence-corrected chi connectivity index (χ0v) is 18.0. The van der Waals surface area contributed by atoms with Crippen molar-refractivity contribution in [3.63, 3.8) is 0 Å². The summed E-state index contributed by atoms with van der Waals surface area (Å²) < 4.78 is 2.14. The Bertz CT molecular complexity index is 1000. The van der Waals surface area contributed by atoms with Crippen LogP contribution < -0.4 is 11.1 Å². The van der Waals surface area contributed by atoms with E-state index >= 15 is 0 Å². The third-order valence-electron chi connectivity index (χ3n) is 6.03. The van der Waals surface area contributed by atoms with E-state index < -0.39 is 0 Å². The second kappa shape index (κ2) is 8.90. The molecule has 5 nitrogen and oxygen atoms in total. The van der Waals surface area contributed by atoms with Gasteiger partial charge in [-0.15, -0.1) is 0 Å². The van der Waals surface area contributed by atoms with E-state index in [9.17, 15) is 4.79 Å². The van der Waals surface area contributed by atoms with E-state index in [0.717, 1.165) is 47.4 Å². The number of para-hydroxylation sites is 2. The molecule has 158 valence electrons. The quantitative estimate of drug-likeness (QED) is 0.546. The predicted molar refractivity (Wildman–Crippen MR) is 123 cm³/mol. The first-order valence-electron chi connectivity index (χ1n) is 11.2. The minimum absolute atomic E-state index is 0.107. The Kier molecular flexibility index (Phi) is 6.07. The van der Waals surface area contributed by atoms with Gasteiger partial charge in [-0.05, 0) is 61.6 Å².